The molecule has 0 radical (unpaired) electrons. The highest BCUT2D eigenvalue weighted by Gasteiger charge is 2.28. The van der Waals surface area contributed by atoms with E-state index in [4.69, 9.17) is 0 Å². The van der Waals surface area contributed by atoms with E-state index < -0.39 is 15.6 Å². The first-order valence-electron chi connectivity index (χ1n) is 9.36. The van der Waals surface area contributed by atoms with E-state index in [2.05, 4.69) is 10.1 Å². The first-order valence-corrected chi connectivity index (χ1v) is 11.4. The van der Waals surface area contributed by atoms with Crippen LogP contribution in [0.5, 0.6) is 0 Å². The zero-order valence-electron chi connectivity index (χ0n) is 16.0. The largest absolute Gasteiger partial charge is 0.341 e. The molecule has 0 N–H and O–H groups in total. The Kier molecular flexibility index (Phi) is 5.08. The van der Waals surface area contributed by atoms with E-state index in [1.807, 2.05) is 18.2 Å². The number of pyridine rings is 1. The first kappa shape index (κ1) is 19.5. The molecule has 3 heterocycles. The fourth-order valence-corrected chi connectivity index (χ4v) is 4.27. The number of carbonyl (C=O) groups excluding carboxylic acids is 1. The minimum atomic E-state index is -3.36. The van der Waals surface area contributed by atoms with Crippen LogP contribution in [0, 0.1) is 5.82 Å². The number of hydrogen-bond acceptors (Lipinski definition) is 5. The van der Waals surface area contributed by atoms with Crippen molar-refractivity contribution in [3.63, 3.8) is 0 Å². The minimum Gasteiger partial charge on any atom is -0.341 e. The van der Waals surface area contributed by atoms with Crippen LogP contribution in [0.3, 0.4) is 0 Å². The third-order valence-corrected chi connectivity index (χ3v) is 5.80. The highest BCUT2D eigenvalue weighted by Crippen LogP contribution is 2.26. The molecular formula is C20H21FN4O3S. The van der Waals surface area contributed by atoms with Crippen LogP contribution in [0.25, 0.3) is 16.8 Å². The van der Waals surface area contributed by atoms with Crippen molar-refractivity contribution in [3.8, 4) is 11.1 Å². The SMILES string of the molecule is CS(=O)(=O)CC(=O)N1CCC[C@H](c2nc3ccc(-c4cccc(F)c4)cn3n2)C1. The molecule has 1 amide bonds. The number of hydrogen-bond donors (Lipinski definition) is 0. The Morgan fingerprint density at radius 2 is 2.07 bits per heavy atom. The van der Waals surface area contributed by atoms with Crippen molar-refractivity contribution < 1.29 is 17.6 Å². The molecule has 152 valence electrons. The van der Waals surface area contributed by atoms with Gasteiger partial charge in [0.1, 0.15) is 11.6 Å². The number of carbonyl (C=O) groups is 1. The molecule has 0 aliphatic carbocycles. The van der Waals surface area contributed by atoms with Crippen molar-refractivity contribution in [2.45, 2.75) is 18.8 Å². The summed E-state index contributed by atoms with van der Waals surface area (Å²) in [6.45, 7) is 0.948. The highest BCUT2D eigenvalue weighted by atomic mass is 32.2. The van der Waals surface area contributed by atoms with Crippen molar-refractivity contribution in [1.29, 1.82) is 0 Å². The van der Waals surface area contributed by atoms with Gasteiger partial charge >= 0.3 is 0 Å². The Bertz CT molecular complexity index is 1180. The lowest BCUT2D eigenvalue weighted by Crippen LogP contribution is -2.42. The molecule has 7 nitrogen and oxygen atoms in total. The van der Waals surface area contributed by atoms with Gasteiger partial charge < -0.3 is 4.90 Å². The molecule has 0 saturated carbocycles. The van der Waals surface area contributed by atoms with Gasteiger partial charge in [-0.1, -0.05) is 12.1 Å². The molecule has 3 aromatic rings. The maximum absolute atomic E-state index is 13.5. The fraction of sp³-hybridized carbons (Fsp3) is 0.350. The Morgan fingerprint density at radius 3 is 2.83 bits per heavy atom. The van der Waals surface area contributed by atoms with E-state index in [-0.39, 0.29) is 17.6 Å². The van der Waals surface area contributed by atoms with Crippen LogP contribution < -0.4 is 0 Å². The predicted octanol–water partition coefficient (Wildman–Crippen LogP) is 2.29. The van der Waals surface area contributed by atoms with E-state index in [1.165, 1.54) is 12.1 Å². The summed E-state index contributed by atoms with van der Waals surface area (Å²) in [5, 5.41) is 4.57. The first-order chi connectivity index (χ1) is 13.8. The van der Waals surface area contributed by atoms with Crippen LogP contribution in [0.2, 0.25) is 0 Å². The summed E-state index contributed by atoms with van der Waals surface area (Å²) in [7, 11) is -3.36. The molecule has 0 unspecified atom stereocenters. The smallest absolute Gasteiger partial charge is 0.237 e. The number of likely N-dealkylation sites (tertiary alicyclic amines) is 1. The lowest BCUT2D eigenvalue weighted by atomic mass is 9.97. The van der Waals surface area contributed by atoms with Gasteiger partial charge in [-0.05, 0) is 42.7 Å². The zero-order valence-corrected chi connectivity index (χ0v) is 16.8. The molecule has 1 fully saturated rings. The molecule has 9 heteroatoms. The quantitative estimate of drug-likeness (QED) is 0.652. The third kappa shape index (κ3) is 4.45. The lowest BCUT2D eigenvalue weighted by Gasteiger charge is -2.31. The van der Waals surface area contributed by atoms with Crippen LogP contribution in [0.1, 0.15) is 24.6 Å². The lowest BCUT2D eigenvalue weighted by molar-refractivity contribution is -0.129. The standard InChI is InChI=1S/C20H21FN4O3S/c1-29(27,28)13-19(26)24-9-3-5-16(11-24)20-22-18-8-7-15(12-25(18)23-20)14-4-2-6-17(21)10-14/h2,4,6-8,10,12,16H,3,5,9,11,13H2,1H3/t16-/m0/s1. The van der Waals surface area contributed by atoms with Gasteiger partial charge in [-0.2, -0.15) is 5.10 Å². The van der Waals surface area contributed by atoms with Crippen LogP contribution in [-0.2, 0) is 14.6 Å². The van der Waals surface area contributed by atoms with E-state index in [0.29, 0.717) is 24.6 Å². The number of piperidine rings is 1. The zero-order chi connectivity index (χ0) is 20.6. The molecule has 1 saturated heterocycles. The second kappa shape index (κ2) is 7.55. The predicted molar refractivity (Wildman–Crippen MR) is 107 cm³/mol. The normalized spacial score (nSPS) is 17.6. The molecule has 0 bridgehead atoms. The molecule has 4 rings (SSSR count). The Labute approximate surface area is 168 Å². The summed E-state index contributed by atoms with van der Waals surface area (Å²) < 4.78 is 38.0. The summed E-state index contributed by atoms with van der Waals surface area (Å²) in [6, 6.07) is 10.0. The van der Waals surface area contributed by atoms with Crippen LogP contribution in [0.4, 0.5) is 4.39 Å². The number of benzene rings is 1. The summed E-state index contributed by atoms with van der Waals surface area (Å²) in [5.74, 6) is -0.588. The highest BCUT2D eigenvalue weighted by molar-refractivity contribution is 7.91. The molecule has 1 aliphatic rings. The monoisotopic (exact) mass is 416 g/mol. The summed E-state index contributed by atoms with van der Waals surface area (Å²) in [4.78, 5) is 18.4. The minimum absolute atomic E-state index is 0.0511. The van der Waals surface area contributed by atoms with E-state index in [1.54, 1.807) is 21.7 Å². The van der Waals surface area contributed by atoms with Crippen LogP contribution in [-0.4, -0.2) is 58.9 Å². The van der Waals surface area contributed by atoms with Crippen LogP contribution >= 0.6 is 0 Å². The number of halogens is 1. The van der Waals surface area contributed by atoms with E-state index in [0.717, 1.165) is 30.2 Å². The number of fused-ring (bicyclic) bond motifs is 1. The molecule has 1 atom stereocenters. The molecule has 2 aromatic heterocycles. The number of aromatic nitrogens is 3. The number of rotatable bonds is 4. The maximum atomic E-state index is 13.5. The van der Waals surface area contributed by atoms with Gasteiger partial charge in [-0.15, -0.1) is 0 Å². The van der Waals surface area contributed by atoms with Crippen molar-refractivity contribution in [3.05, 3.63) is 54.2 Å². The van der Waals surface area contributed by atoms with Gasteiger partial charge in [0, 0.05) is 37.0 Å². The van der Waals surface area contributed by atoms with E-state index in [9.17, 15) is 17.6 Å². The molecular weight excluding hydrogens is 395 g/mol. The van der Waals surface area contributed by atoms with Crippen molar-refractivity contribution >= 4 is 21.4 Å². The average molecular weight is 416 g/mol. The van der Waals surface area contributed by atoms with Crippen molar-refractivity contribution in [2.75, 3.05) is 25.1 Å². The molecule has 0 spiro atoms. The Balaban J connectivity index is 1.57. The second-order valence-corrected chi connectivity index (χ2v) is 9.59. The third-order valence-electron chi connectivity index (χ3n) is 5.03. The Hall–Kier alpha value is -2.81. The number of amides is 1. The Morgan fingerprint density at radius 1 is 1.24 bits per heavy atom. The topological polar surface area (TPSA) is 84.6 Å². The molecule has 1 aliphatic heterocycles. The summed E-state index contributed by atoms with van der Waals surface area (Å²) >= 11 is 0. The fourth-order valence-electron chi connectivity index (χ4n) is 3.64. The van der Waals surface area contributed by atoms with E-state index >= 15 is 0 Å². The number of nitrogens with zero attached hydrogens (tertiary/aromatic N) is 4. The van der Waals surface area contributed by atoms with Crippen molar-refractivity contribution in [2.24, 2.45) is 0 Å². The van der Waals surface area contributed by atoms with Gasteiger partial charge in [0.15, 0.2) is 21.3 Å². The van der Waals surface area contributed by atoms with Crippen LogP contribution in [0.15, 0.2) is 42.6 Å². The molecule has 1 aromatic carbocycles. The van der Waals surface area contributed by atoms with Crippen molar-refractivity contribution in [1.82, 2.24) is 19.5 Å². The van der Waals surface area contributed by atoms with Gasteiger partial charge in [0.25, 0.3) is 0 Å². The van der Waals surface area contributed by atoms with Gasteiger partial charge in [-0.3, -0.25) is 4.79 Å². The maximum Gasteiger partial charge on any atom is 0.237 e. The molecule has 29 heavy (non-hydrogen) atoms. The summed E-state index contributed by atoms with van der Waals surface area (Å²) in [5.41, 5.74) is 2.24. The number of sulfone groups is 1. The van der Waals surface area contributed by atoms with Gasteiger partial charge in [-0.25, -0.2) is 22.3 Å². The second-order valence-electron chi connectivity index (χ2n) is 7.45. The van der Waals surface area contributed by atoms with Gasteiger partial charge in [0.2, 0.25) is 5.91 Å². The summed E-state index contributed by atoms with van der Waals surface area (Å²) in [6.07, 6.45) is 4.46. The van der Waals surface area contributed by atoms with Gasteiger partial charge in [0.05, 0.1) is 0 Å². The average Bonchev–Trinajstić information content (AvgIpc) is 3.10.